The summed E-state index contributed by atoms with van der Waals surface area (Å²) >= 11 is 6.47. The number of hydrogen-bond acceptors (Lipinski definition) is 2. The lowest BCUT2D eigenvalue weighted by Crippen LogP contribution is -2.36. The summed E-state index contributed by atoms with van der Waals surface area (Å²) in [5, 5.41) is 11.0. The van der Waals surface area contributed by atoms with Gasteiger partial charge in [-0.3, -0.25) is 0 Å². The number of phenols is 1. The first kappa shape index (κ1) is 24.6. The fourth-order valence-corrected chi connectivity index (χ4v) is 4.14. The molecule has 166 valence electrons. The summed E-state index contributed by atoms with van der Waals surface area (Å²) in [6, 6.07) is 1.86. The molecule has 1 aromatic carbocycles. The Labute approximate surface area is 188 Å². The first-order chi connectivity index (χ1) is 14.1. The summed E-state index contributed by atoms with van der Waals surface area (Å²) in [5.74, 6) is 1.33. The lowest BCUT2D eigenvalue weighted by Gasteiger charge is -2.37. The monoisotopic (exact) mass is 430 g/mol. The zero-order chi connectivity index (χ0) is 22.3. The molecule has 0 bridgehead atoms. The Morgan fingerprint density at radius 3 is 2.47 bits per heavy atom. The standard InChI is InChI=1S/C27H39ClO2/c1-19(2)10-7-11-20(3)12-8-13-24(28)14-9-16-27(6)17-15-23-18-25(29)21(4)22(5)26(23)30-27/h10,12,14,18,29H,7-9,11,13,15-17H2,1-6H3/b20-12+,24-14-/t27-/m1/s1. The van der Waals surface area contributed by atoms with E-state index in [2.05, 4.69) is 45.9 Å². The van der Waals surface area contributed by atoms with Gasteiger partial charge in [-0.25, -0.2) is 0 Å². The van der Waals surface area contributed by atoms with Crippen LogP contribution in [0.15, 0.2) is 40.5 Å². The number of aryl methyl sites for hydroxylation is 1. The number of halogens is 1. The van der Waals surface area contributed by atoms with Crippen LogP contribution < -0.4 is 4.74 Å². The van der Waals surface area contributed by atoms with E-state index < -0.39 is 0 Å². The highest BCUT2D eigenvalue weighted by molar-refractivity contribution is 6.29. The van der Waals surface area contributed by atoms with Gasteiger partial charge in [-0.1, -0.05) is 41.0 Å². The molecule has 0 aliphatic carbocycles. The molecular formula is C27H39ClO2. The van der Waals surface area contributed by atoms with Gasteiger partial charge < -0.3 is 9.84 Å². The molecule has 1 atom stereocenters. The van der Waals surface area contributed by atoms with Gasteiger partial charge in [0.15, 0.2) is 0 Å². The van der Waals surface area contributed by atoms with Crippen molar-refractivity contribution in [1.82, 2.24) is 0 Å². The van der Waals surface area contributed by atoms with Crippen molar-refractivity contribution in [2.24, 2.45) is 0 Å². The Morgan fingerprint density at radius 1 is 1.07 bits per heavy atom. The molecule has 0 fully saturated rings. The van der Waals surface area contributed by atoms with Gasteiger partial charge in [0.1, 0.15) is 17.1 Å². The summed E-state index contributed by atoms with van der Waals surface area (Å²) in [7, 11) is 0. The molecule has 0 radical (unpaired) electrons. The number of phenolic OH excluding ortho intramolecular Hbond substituents is 1. The smallest absolute Gasteiger partial charge is 0.126 e. The number of fused-ring (bicyclic) bond motifs is 1. The summed E-state index contributed by atoms with van der Waals surface area (Å²) in [4.78, 5) is 0. The molecule has 1 aliphatic heterocycles. The van der Waals surface area contributed by atoms with E-state index in [9.17, 15) is 5.11 Å². The van der Waals surface area contributed by atoms with Crippen LogP contribution >= 0.6 is 11.6 Å². The average Bonchev–Trinajstić information content (AvgIpc) is 2.67. The third kappa shape index (κ3) is 7.23. The maximum Gasteiger partial charge on any atom is 0.126 e. The van der Waals surface area contributed by atoms with E-state index in [0.29, 0.717) is 5.75 Å². The fraction of sp³-hybridized carbons (Fsp3) is 0.556. The van der Waals surface area contributed by atoms with Gasteiger partial charge >= 0.3 is 0 Å². The minimum Gasteiger partial charge on any atom is -0.508 e. The summed E-state index contributed by atoms with van der Waals surface area (Å²) in [6.45, 7) is 12.7. The fourth-order valence-electron chi connectivity index (χ4n) is 3.93. The predicted molar refractivity (Wildman–Crippen MR) is 130 cm³/mol. The maximum atomic E-state index is 10.1. The van der Waals surface area contributed by atoms with Crippen LogP contribution in [0.25, 0.3) is 0 Å². The van der Waals surface area contributed by atoms with Crippen molar-refractivity contribution in [3.05, 3.63) is 57.2 Å². The van der Waals surface area contributed by atoms with Crippen LogP contribution in [0, 0.1) is 13.8 Å². The molecular weight excluding hydrogens is 392 g/mol. The van der Waals surface area contributed by atoms with E-state index in [4.69, 9.17) is 16.3 Å². The van der Waals surface area contributed by atoms with Crippen LogP contribution in [0.5, 0.6) is 11.5 Å². The second-order valence-electron chi connectivity index (χ2n) is 9.28. The van der Waals surface area contributed by atoms with E-state index in [1.54, 1.807) is 0 Å². The number of ether oxygens (including phenoxy) is 1. The molecule has 1 aliphatic rings. The van der Waals surface area contributed by atoms with Crippen molar-refractivity contribution in [3.63, 3.8) is 0 Å². The van der Waals surface area contributed by atoms with Gasteiger partial charge in [0.25, 0.3) is 0 Å². The van der Waals surface area contributed by atoms with Crippen LogP contribution in [0.2, 0.25) is 0 Å². The van der Waals surface area contributed by atoms with Gasteiger partial charge in [-0.05, 0) is 116 Å². The lowest BCUT2D eigenvalue weighted by atomic mass is 9.87. The normalized spacial score (nSPS) is 19.3. The summed E-state index contributed by atoms with van der Waals surface area (Å²) in [5.41, 5.74) is 5.72. The van der Waals surface area contributed by atoms with Crippen LogP contribution in [0.3, 0.4) is 0 Å². The van der Waals surface area contributed by atoms with Crippen LogP contribution in [0.4, 0.5) is 0 Å². The van der Waals surface area contributed by atoms with Crippen LogP contribution in [-0.4, -0.2) is 10.7 Å². The van der Waals surface area contributed by atoms with Crippen molar-refractivity contribution in [1.29, 1.82) is 0 Å². The third-order valence-electron chi connectivity index (χ3n) is 6.17. The van der Waals surface area contributed by atoms with Gasteiger partial charge in [0.05, 0.1) is 0 Å². The highest BCUT2D eigenvalue weighted by Crippen LogP contribution is 2.41. The van der Waals surface area contributed by atoms with Gasteiger partial charge in [0.2, 0.25) is 0 Å². The van der Waals surface area contributed by atoms with Crippen molar-refractivity contribution < 1.29 is 9.84 Å². The molecule has 0 aromatic heterocycles. The zero-order valence-corrected chi connectivity index (χ0v) is 20.5. The van der Waals surface area contributed by atoms with Gasteiger partial charge in [-0.15, -0.1) is 0 Å². The number of hydrogen-bond donors (Lipinski definition) is 1. The van der Waals surface area contributed by atoms with E-state index in [1.165, 1.54) is 11.1 Å². The van der Waals surface area contributed by atoms with Crippen molar-refractivity contribution in [2.45, 2.75) is 98.5 Å². The van der Waals surface area contributed by atoms with Crippen LogP contribution in [0.1, 0.15) is 89.3 Å². The highest BCUT2D eigenvalue weighted by Gasteiger charge is 2.32. The Kier molecular flexibility index (Phi) is 9.09. The first-order valence-corrected chi connectivity index (χ1v) is 11.6. The van der Waals surface area contributed by atoms with E-state index >= 15 is 0 Å². The van der Waals surface area contributed by atoms with Gasteiger partial charge in [-0.2, -0.15) is 0 Å². The van der Waals surface area contributed by atoms with Gasteiger partial charge in [0, 0.05) is 5.03 Å². The summed E-state index contributed by atoms with van der Waals surface area (Å²) in [6.07, 6.45) is 14.7. The number of rotatable bonds is 9. The largest absolute Gasteiger partial charge is 0.508 e. The van der Waals surface area contributed by atoms with Crippen molar-refractivity contribution >= 4 is 11.6 Å². The highest BCUT2D eigenvalue weighted by atomic mass is 35.5. The Bertz CT molecular complexity index is 828. The van der Waals surface area contributed by atoms with E-state index in [-0.39, 0.29) is 5.60 Å². The Morgan fingerprint density at radius 2 is 1.77 bits per heavy atom. The number of allylic oxidation sites excluding steroid dienone is 6. The molecule has 2 rings (SSSR count). The first-order valence-electron chi connectivity index (χ1n) is 11.3. The minimum absolute atomic E-state index is 0.184. The summed E-state index contributed by atoms with van der Waals surface area (Å²) < 4.78 is 6.44. The molecule has 1 aromatic rings. The predicted octanol–water partition coefficient (Wildman–Crippen LogP) is 8.47. The maximum absolute atomic E-state index is 10.1. The molecule has 0 spiro atoms. The Balaban J connectivity index is 1.83. The third-order valence-corrected chi connectivity index (χ3v) is 6.51. The molecule has 1 N–H and O–H groups in total. The molecule has 2 nitrogen and oxygen atoms in total. The SMILES string of the molecule is CC(C)=CCC/C(C)=C/CC/C(Cl)=C/CC[C@]1(C)CCc2cc(O)c(C)c(C)c2O1. The average molecular weight is 431 g/mol. The molecule has 30 heavy (non-hydrogen) atoms. The minimum atomic E-state index is -0.184. The quantitative estimate of drug-likeness (QED) is 0.398. The number of benzene rings is 1. The van der Waals surface area contributed by atoms with Crippen molar-refractivity contribution in [2.75, 3.05) is 0 Å². The molecule has 3 heteroatoms. The van der Waals surface area contributed by atoms with Crippen molar-refractivity contribution in [3.8, 4) is 11.5 Å². The van der Waals surface area contributed by atoms with E-state index in [1.807, 2.05) is 19.9 Å². The second-order valence-corrected chi connectivity index (χ2v) is 9.77. The zero-order valence-electron chi connectivity index (χ0n) is 19.7. The molecule has 0 saturated carbocycles. The molecule has 1 heterocycles. The molecule has 0 saturated heterocycles. The number of aromatic hydroxyl groups is 1. The molecule has 0 amide bonds. The Hall–Kier alpha value is -1.67. The van der Waals surface area contributed by atoms with E-state index in [0.717, 1.165) is 78.8 Å². The molecule has 0 unspecified atom stereocenters. The topological polar surface area (TPSA) is 29.5 Å². The lowest BCUT2D eigenvalue weighted by molar-refractivity contribution is 0.0561. The van der Waals surface area contributed by atoms with Crippen LogP contribution in [-0.2, 0) is 6.42 Å². The second kappa shape index (κ2) is 11.1.